The summed E-state index contributed by atoms with van der Waals surface area (Å²) < 4.78 is 6.75. The highest BCUT2D eigenvalue weighted by atomic mass is 35.5. The van der Waals surface area contributed by atoms with Crippen molar-refractivity contribution in [1.29, 1.82) is 0 Å². The van der Waals surface area contributed by atoms with E-state index in [9.17, 15) is 4.79 Å². The van der Waals surface area contributed by atoms with Crippen LogP contribution in [0, 0.1) is 0 Å². The molecule has 0 fully saturated rings. The summed E-state index contributed by atoms with van der Waals surface area (Å²) in [6.07, 6.45) is 1.26. The number of para-hydroxylation sites is 1. The first-order chi connectivity index (χ1) is 13.6. The highest BCUT2D eigenvalue weighted by molar-refractivity contribution is 7.22. The van der Waals surface area contributed by atoms with Crippen LogP contribution in [0.25, 0.3) is 10.2 Å². The predicted octanol–water partition coefficient (Wildman–Crippen LogP) is 4.64. The number of anilines is 1. The van der Waals surface area contributed by atoms with Crippen molar-refractivity contribution in [2.24, 2.45) is 0 Å². The molecule has 0 aliphatic heterocycles. The van der Waals surface area contributed by atoms with E-state index in [0.717, 1.165) is 39.6 Å². The molecule has 2 aromatic carbocycles. The van der Waals surface area contributed by atoms with Crippen LogP contribution in [0.3, 0.4) is 0 Å². The molecule has 1 amide bonds. The number of fused-ring (bicyclic) bond motifs is 1. The maximum Gasteiger partial charge on any atom is 0.233 e. The van der Waals surface area contributed by atoms with Crippen molar-refractivity contribution < 1.29 is 9.53 Å². The Balaban J connectivity index is 0.00000300. The van der Waals surface area contributed by atoms with E-state index in [4.69, 9.17) is 9.72 Å². The Hall–Kier alpha value is -2.15. The molecule has 1 aromatic heterocycles. The summed E-state index contributed by atoms with van der Waals surface area (Å²) in [5.74, 6) is 0.841. The van der Waals surface area contributed by atoms with Crippen molar-refractivity contribution in [3.8, 4) is 5.75 Å². The minimum Gasteiger partial charge on any atom is -0.492 e. The minimum absolute atomic E-state index is 0. The van der Waals surface area contributed by atoms with Gasteiger partial charge in [0, 0.05) is 6.54 Å². The molecule has 156 valence electrons. The molecular weight excluding hydrogens is 406 g/mol. The normalized spacial score (nSPS) is 10.8. The molecule has 0 aliphatic carbocycles. The van der Waals surface area contributed by atoms with Crippen molar-refractivity contribution in [3.05, 3.63) is 54.1 Å². The molecule has 0 radical (unpaired) electrons. The Morgan fingerprint density at radius 1 is 1.07 bits per heavy atom. The molecular formula is C22H28ClN3O2S. The van der Waals surface area contributed by atoms with Crippen molar-refractivity contribution in [2.75, 3.05) is 38.7 Å². The molecule has 5 nitrogen and oxygen atoms in total. The third-order valence-electron chi connectivity index (χ3n) is 4.39. The second-order valence-electron chi connectivity index (χ2n) is 6.90. The molecule has 0 bridgehead atoms. The number of rotatable bonds is 9. The number of amides is 1. The van der Waals surface area contributed by atoms with Gasteiger partial charge in [-0.2, -0.15) is 0 Å². The van der Waals surface area contributed by atoms with E-state index in [1.165, 1.54) is 0 Å². The first-order valence-corrected chi connectivity index (χ1v) is 10.4. The zero-order valence-corrected chi connectivity index (χ0v) is 18.8. The third-order valence-corrected chi connectivity index (χ3v) is 5.43. The molecule has 0 aliphatic rings. The number of halogens is 1. The van der Waals surface area contributed by atoms with Gasteiger partial charge in [-0.3, -0.25) is 9.69 Å². The molecule has 0 saturated heterocycles. The topological polar surface area (TPSA) is 45.7 Å². The zero-order chi connectivity index (χ0) is 19.9. The molecule has 0 saturated carbocycles. The van der Waals surface area contributed by atoms with Gasteiger partial charge in [-0.15, -0.1) is 12.4 Å². The number of ether oxygens (including phenoxy) is 1. The van der Waals surface area contributed by atoms with Crippen LogP contribution in [0.2, 0.25) is 0 Å². The lowest BCUT2D eigenvalue weighted by Crippen LogP contribution is -2.34. The van der Waals surface area contributed by atoms with Crippen molar-refractivity contribution >= 4 is 45.0 Å². The summed E-state index contributed by atoms with van der Waals surface area (Å²) in [6, 6.07) is 15.8. The highest BCUT2D eigenvalue weighted by Gasteiger charge is 2.21. The Kier molecular flexibility index (Phi) is 8.89. The fourth-order valence-corrected chi connectivity index (χ4v) is 4.06. The predicted molar refractivity (Wildman–Crippen MR) is 124 cm³/mol. The van der Waals surface area contributed by atoms with Crippen LogP contribution in [0.15, 0.2) is 48.5 Å². The Morgan fingerprint density at radius 2 is 1.83 bits per heavy atom. The number of thiazole rings is 1. The average molecular weight is 434 g/mol. The van der Waals surface area contributed by atoms with E-state index in [2.05, 4.69) is 4.90 Å². The molecule has 0 unspecified atom stereocenters. The summed E-state index contributed by atoms with van der Waals surface area (Å²) in [4.78, 5) is 21.9. The Labute approximate surface area is 182 Å². The summed E-state index contributed by atoms with van der Waals surface area (Å²) >= 11 is 1.54. The van der Waals surface area contributed by atoms with Gasteiger partial charge in [0.2, 0.25) is 5.91 Å². The first kappa shape index (κ1) is 23.1. The molecule has 29 heavy (non-hydrogen) atoms. The molecule has 0 N–H and O–H groups in total. The van der Waals surface area contributed by atoms with Gasteiger partial charge in [-0.25, -0.2) is 4.98 Å². The number of hydrogen-bond donors (Lipinski definition) is 0. The second kappa shape index (κ2) is 11.1. The second-order valence-corrected chi connectivity index (χ2v) is 7.91. The van der Waals surface area contributed by atoms with E-state index in [-0.39, 0.29) is 18.3 Å². The monoisotopic (exact) mass is 433 g/mol. The van der Waals surface area contributed by atoms with Crippen LogP contribution in [0.5, 0.6) is 5.75 Å². The zero-order valence-electron chi connectivity index (χ0n) is 17.1. The van der Waals surface area contributed by atoms with Gasteiger partial charge in [0.1, 0.15) is 11.3 Å². The third kappa shape index (κ3) is 6.16. The largest absolute Gasteiger partial charge is 0.492 e. The molecule has 3 rings (SSSR count). The van der Waals surface area contributed by atoms with Crippen molar-refractivity contribution in [3.63, 3.8) is 0 Å². The molecule has 0 spiro atoms. The summed E-state index contributed by atoms with van der Waals surface area (Å²) in [7, 11) is 4.09. The lowest BCUT2D eigenvalue weighted by molar-refractivity contribution is -0.118. The SMILES string of the molecule is CCOc1cccc2sc(N(CCCN(C)C)C(=O)Cc3ccccc3)nc12.Cl. The van der Waals surface area contributed by atoms with Gasteiger partial charge in [0.05, 0.1) is 17.7 Å². The van der Waals surface area contributed by atoms with E-state index in [0.29, 0.717) is 19.6 Å². The maximum atomic E-state index is 13.1. The fourth-order valence-electron chi connectivity index (χ4n) is 3.04. The summed E-state index contributed by atoms with van der Waals surface area (Å²) in [6.45, 7) is 4.12. The van der Waals surface area contributed by atoms with Crippen LogP contribution < -0.4 is 9.64 Å². The Bertz CT molecular complexity index is 915. The van der Waals surface area contributed by atoms with E-state index < -0.39 is 0 Å². The minimum atomic E-state index is 0. The quantitative estimate of drug-likeness (QED) is 0.493. The van der Waals surface area contributed by atoms with Crippen LogP contribution in [-0.4, -0.2) is 49.6 Å². The van der Waals surface area contributed by atoms with Gasteiger partial charge < -0.3 is 9.64 Å². The first-order valence-electron chi connectivity index (χ1n) is 9.60. The molecule has 3 aromatic rings. The summed E-state index contributed by atoms with van der Waals surface area (Å²) in [5.41, 5.74) is 1.84. The average Bonchev–Trinajstić information content (AvgIpc) is 3.11. The lowest BCUT2D eigenvalue weighted by Gasteiger charge is -2.21. The van der Waals surface area contributed by atoms with Crippen molar-refractivity contribution in [2.45, 2.75) is 19.8 Å². The van der Waals surface area contributed by atoms with Gasteiger partial charge in [0.15, 0.2) is 5.13 Å². The van der Waals surface area contributed by atoms with Crippen LogP contribution in [0.4, 0.5) is 5.13 Å². The van der Waals surface area contributed by atoms with Crippen LogP contribution >= 0.6 is 23.7 Å². The maximum absolute atomic E-state index is 13.1. The number of carbonyl (C=O) groups is 1. The number of nitrogens with zero attached hydrogens (tertiary/aromatic N) is 3. The van der Waals surface area contributed by atoms with E-state index in [1.807, 2.05) is 74.4 Å². The fraction of sp³-hybridized carbons (Fsp3) is 0.364. The van der Waals surface area contributed by atoms with Crippen LogP contribution in [-0.2, 0) is 11.2 Å². The smallest absolute Gasteiger partial charge is 0.233 e. The van der Waals surface area contributed by atoms with E-state index >= 15 is 0 Å². The number of carbonyl (C=O) groups excluding carboxylic acids is 1. The lowest BCUT2D eigenvalue weighted by atomic mass is 10.1. The van der Waals surface area contributed by atoms with Gasteiger partial charge in [-0.1, -0.05) is 47.7 Å². The number of aromatic nitrogens is 1. The van der Waals surface area contributed by atoms with Crippen molar-refractivity contribution in [1.82, 2.24) is 9.88 Å². The number of benzene rings is 2. The van der Waals surface area contributed by atoms with Crippen LogP contribution in [0.1, 0.15) is 18.9 Å². The van der Waals surface area contributed by atoms with Gasteiger partial charge in [0.25, 0.3) is 0 Å². The summed E-state index contributed by atoms with van der Waals surface area (Å²) in [5, 5.41) is 0.738. The molecule has 1 heterocycles. The standard InChI is InChI=1S/C22H27N3O2S.ClH/c1-4-27-18-12-8-13-19-21(18)23-22(28-19)25(15-9-14-24(2)3)20(26)16-17-10-6-5-7-11-17;/h5-8,10-13H,4,9,14-16H2,1-3H3;1H. The van der Waals surface area contributed by atoms with Gasteiger partial charge in [-0.05, 0) is 51.7 Å². The Morgan fingerprint density at radius 3 is 2.52 bits per heavy atom. The van der Waals surface area contributed by atoms with E-state index in [1.54, 1.807) is 11.3 Å². The highest BCUT2D eigenvalue weighted by Crippen LogP contribution is 2.34. The van der Waals surface area contributed by atoms with Gasteiger partial charge >= 0.3 is 0 Å². The molecule has 7 heteroatoms. The number of hydrogen-bond acceptors (Lipinski definition) is 5. The molecule has 0 atom stereocenters.